The number of ether oxygens (including phenoxy) is 2. The Bertz CT molecular complexity index is 2620. The zero-order valence-corrected chi connectivity index (χ0v) is 46.0. The number of carbonyl (C=O) groups is 2. The Labute approximate surface area is 453 Å². The van der Waals surface area contributed by atoms with Crippen LogP contribution in [0.3, 0.4) is 0 Å². The molecule has 0 radical (unpaired) electrons. The summed E-state index contributed by atoms with van der Waals surface area (Å²) in [6, 6.07) is 16.9. The number of nitrogens with zero attached hydrogens (tertiary/aromatic N) is 3. The number of phenols is 1. The van der Waals surface area contributed by atoms with E-state index >= 15 is 0 Å². The van der Waals surface area contributed by atoms with Gasteiger partial charge in [0.1, 0.15) is 21.9 Å². The summed E-state index contributed by atoms with van der Waals surface area (Å²) in [6.07, 6.45) is 27.8. The monoisotopic (exact) mass is 1060 g/mol. The van der Waals surface area contributed by atoms with Crippen molar-refractivity contribution in [2.45, 2.75) is 196 Å². The van der Waals surface area contributed by atoms with Gasteiger partial charge in [0.2, 0.25) is 5.91 Å². The van der Waals surface area contributed by atoms with Crippen molar-refractivity contribution in [2.75, 3.05) is 24.6 Å². The Kier molecular flexibility index (Phi) is 15.3. The number of amides is 1. The summed E-state index contributed by atoms with van der Waals surface area (Å²) in [7, 11) is 4.04. The van der Waals surface area contributed by atoms with Crippen LogP contribution in [-0.2, 0) is 40.1 Å². The number of pyridine rings is 1. The van der Waals surface area contributed by atoms with Gasteiger partial charge in [0.15, 0.2) is 17.5 Å². The zero-order valence-electron chi connectivity index (χ0n) is 44.4. The van der Waals surface area contributed by atoms with Crippen molar-refractivity contribution >= 4 is 45.2 Å². The highest BCUT2D eigenvalue weighted by molar-refractivity contribution is 8.77. The van der Waals surface area contributed by atoms with Crippen LogP contribution in [0, 0.1) is 28.6 Å². The van der Waals surface area contributed by atoms with Gasteiger partial charge in [-0.1, -0.05) is 77.3 Å². The van der Waals surface area contributed by atoms with Crippen LogP contribution in [-0.4, -0.2) is 79.0 Å². The van der Waals surface area contributed by atoms with Crippen LogP contribution in [0.4, 0.5) is 5.82 Å². The molecule has 404 valence electrons. The fraction of sp³-hybridized carbons (Fsp3) is 0.639. The van der Waals surface area contributed by atoms with Gasteiger partial charge >= 0.3 is 5.97 Å². The van der Waals surface area contributed by atoms with Crippen molar-refractivity contribution in [3.8, 4) is 11.5 Å². The molecule has 4 saturated carbocycles. The summed E-state index contributed by atoms with van der Waals surface area (Å²) in [5.74, 6) is 3.38. The number of aliphatic hydroxyl groups is 1. The van der Waals surface area contributed by atoms with Crippen molar-refractivity contribution in [2.24, 2.45) is 39.3 Å². The summed E-state index contributed by atoms with van der Waals surface area (Å²) >= 11 is 0. The van der Waals surface area contributed by atoms with Gasteiger partial charge in [-0.05, 0) is 175 Å². The van der Waals surface area contributed by atoms with Crippen molar-refractivity contribution in [1.29, 1.82) is 0 Å². The minimum Gasteiger partial charge on any atom is -0.504 e. The molecule has 1 saturated heterocycles. The molecule has 5 aliphatic carbocycles. The number of aryl methyl sites for hydroxylation is 2. The largest absolute Gasteiger partial charge is 0.504 e. The second-order valence-corrected chi connectivity index (χ2v) is 27.3. The molecule has 3 aromatic rings. The third-order valence-corrected chi connectivity index (χ3v) is 23.2. The molecule has 14 heteroatoms. The van der Waals surface area contributed by atoms with Crippen LogP contribution in [0.5, 0.6) is 11.5 Å². The first-order chi connectivity index (χ1) is 36.3. The smallest absolute Gasteiger partial charge is 0.303 e. The molecule has 9 atom stereocenters. The highest BCUT2D eigenvalue weighted by atomic mass is 33.1. The van der Waals surface area contributed by atoms with Crippen molar-refractivity contribution in [1.82, 2.24) is 15.2 Å². The lowest BCUT2D eigenvalue weighted by molar-refractivity contribution is -0.168. The zero-order chi connectivity index (χ0) is 51.8. The maximum atomic E-state index is 14.6. The fourth-order valence-electron chi connectivity index (χ4n) is 15.9. The number of carbonyl (C=O) groups excluding carboxylic acids is 2. The number of hydrogen-bond donors (Lipinski definition) is 5. The van der Waals surface area contributed by atoms with E-state index in [4.69, 9.17) is 25.9 Å². The number of aromatic hydroxyl groups is 1. The van der Waals surface area contributed by atoms with Gasteiger partial charge in [-0.3, -0.25) is 14.6 Å². The Morgan fingerprint density at radius 2 is 1.77 bits per heavy atom. The number of rotatable bonds is 6. The predicted molar refractivity (Wildman–Crippen MR) is 300 cm³/mol. The van der Waals surface area contributed by atoms with Gasteiger partial charge in [0, 0.05) is 85.1 Å². The number of fused-ring (bicyclic) bond motifs is 12. The van der Waals surface area contributed by atoms with E-state index in [1.165, 1.54) is 44.6 Å². The second kappa shape index (κ2) is 21.8. The molecule has 12 nitrogen and oxygen atoms in total. The average molecular weight is 1060 g/mol. The summed E-state index contributed by atoms with van der Waals surface area (Å²) in [5, 5.41) is 28.6. The molecule has 3 spiro atoms. The maximum absolute atomic E-state index is 14.6. The number of aliphatic imine (C=N–C) groups is 1. The van der Waals surface area contributed by atoms with Crippen molar-refractivity contribution in [3.05, 3.63) is 94.7 Å². The first-order valence-electron chi connectivity index (χ1n) is 28.8. The van der Waals surface area contributed by atoms with E-state index in [1.807, 2.05) is 38.6 Å². The second-order valence-electron chi connectivity index (χ2n) is 24.7. The van der Waals surface area contributed by atoms with Crippen molar-refractivity contribution in [3.63, 3.8) is 0 Å². The lowest BCUT2D eigenvalue weighted by Gasteiger charge is -2.44. The van der Waals surface area contributed by atoms with E-state index in [0.717, 1.165) is 99.5 Å². The Balaban J connectivity index is 0.940. The number of aromatic nitrogens is 1. The van der Waals surface area contributed by atoms with Gasteiger partial charge < -0.3 is 41.4 Å². The number of nitrogens with two attached hydrogens (primary N) is 2. The van der Waals surface area contributed by atoms with Crippen LogP contribution in [0.15, 0.2) is 71.9 Å². The predicted octanol–water partition coefficient (Wildman–Crippen LogP) is 11.3. The number of allylic oxidation sites excluding steroid dienone is 1. The van der Waals surface area contributed by atoms with E-state index in [2.05, 4.69) is 58.9 Å². The lowest BCUT2D eigenvalue weighted by atomic mass is 9.71. The number of guanidine groups is 1. The fourth-order valence-corrected chi connectivity index (χ4v) is 19.9. The van der Waals surface area contributed by atoms with Crippen molar-refractivity contribution < 1.29 is 29.3 Å². The SMILES string of the molecule is CC(=O)OC12CCc3cc(c(O)c4c3C3C=CC5(CCCC5C3)O4)CN3CC(Cc4ccnc(N)c4)(CCN=C(N)NC4(CCCC45CCCC5)SSCC(CCc4ccccc4)CCCC(CC1)C(O)C2)CC3=O. The summed E-state index contributed by atoms with van der Waals surface area (Å²) in [5.41, 5.74) is 16.8. The Morgan fingerprint density at radius 3 is 2.59 bits per heavy atom. The summed E-state index contributed by atoms with van der Waals surface area (Å²) < 4.78 is 13.5. The topological polar surface area (TPSA) is 186 Å². The molecule has 1 amide bonds. The average Bonchev–Trinajstić information content (AvgIpc) is 4.15. The van der Waals surface area contributed by atoms with Gasteiger partial charge in [0.25, 0.3) is 0 Å². The van der Waals surface area contributed by atoms with E-state index in [0.29, 0.717) is 93.0 Å². The third-order valence-electron chi connectivity index (χ3n) is 19.8. The van der Waals surface area contributed by atoms with Crippen LogP contribution < -0.4 is 21.5 Å². The van der Waals surface area contributed by atoms with Gasteiger partial charge in [-0.15, -0.1) is 0 Å². The van der Waals surface area contributed by atoms with Gasteiger partial charge in [0.05, 0.1) is 6.10 Å². The first-order valence-corrected chi connectivity index (χ1v) is 31.1. The standard InChI is InChI=1S/C61H82N6O6S2/c1-41(68)72-59-26-17-45(50(69)36-59)13-7-12-43(16-15-42-10-3-2-4-11-42)39-74-75-61(25-9-23-58(61)21-5-6-22-58)66-56(63)65-31-29-57(35-44-20-30-64-51(62)32-44)37-52(70)67(40-57)38-48-33-46(18-27-59)53-47-19-28-60(73-55(53)54(48)71)24-8-14-49(60)34-47/h2-4,10-11,19-20,28,30,32-33,43,45,47,49-50,69,71H,5-9,12-18,21-27,29,31,34-40H2,1H3,(H2,62,64)(H3,63,65,66). The number of phenolic OH excluding ortho intramolecular Hbond substituents is 1. The molecular formula is C61H82N6O6S2. The molecule has 75 heavy (non-hydrogen) atoms. The van der Waals surface area contributed by atoms with Crippen LogP contribution in [0.2, 0.25) is 0 Å². The van der Waals surface area contributed by atoms with E-state index in [1.54, 1.807) is 6.20 Å². The lowest BCUT2D eigenvalue weighted by Crippen LogP contribution is -2.55. The molecule has 9 unspecified atom stereocenters. The quantitative estimate of drug-likeness (QED) is 0.0895. The molecule has 5 fully saturated rings. The highest BCUT2D eigenvalue weighted by Gasteiger charge is 2.57. The number of aliphatic hydroxyl groups excluding tert-OH is 1. The van der Waals surface area contributed by atoms with Gasteiger partial charge in [-0.25, -0.2) is 4.98 Å². The molecule has 10 aliphatic rings. The number of nitrogen functional groups attached to an aromatic ring is 1. The molecule has 7 N–H and O–H groups in total. The third kappa shape index (κ3) is 10.9. The molecule has 8 bridgehead atoms. The van der Waals surface area contributed by atoms with Crippen LogP contribution in [0.1, 0.15) is 175 Å². The summed E-state index contributed by atoms with van der Waals surface area (Å²) in [4.78, 5) is 38.8. The normalized spacial score (nSPS) is 33.9. The number of benzene rings is 2. The number of nitrogens with one attached hydrogen (secondary N) is 1. The molecule has 2 aromatic carbocycles. The molecule has 5 aliphatic heterocycles. The van der Waals surface area contributed by atoms with E-state index in [-0.39, 0.29) is 46.3 Å². The highest BCUT2D eigenvalue weighted by Crippen LogP contribution is 2.63. The van der Waals surface area contributed by atoms with E-state index < -0.39 is 22.7 Å². The minimum absolute atomic E-state index is 0.0283. The Hall–Kier alpha value is -4.40. The first kappa shape index (κ1) is 52.6. The number of esters is 1. The Morgan fingerprint density at radius 1 is 0.933 bits per heavy atom. The molecular weight excluding hydrogens is 977 g/mol. The van der Waals surface area contributed by atoms with Crippen LogP contribution >= 0.6 is 21.6 Å². The van der Waals surface area contributed by atoms with E-state index in [9.17, 15) is 19.8 Å². The van der Waals surface area contributed by atoms with Crippen LogP contribution in [0.25, 0.3) is 0 Å². The molecule has 6 heterocycles. The maximum Gasteiger partial charge on any atom is 0.303 e. The number of anilines is 1. The minimum atomic E-state index is -0.827. The molecule has 1 aromatic heterocycles. The number of hydrogen-bond acceptors (Lipinski definition) is 13. The summed E-state index contributed by atoms with van der Waals surface area (Å²) in [6.45, 7) is 2.64. The molecule has 13 rings (SSSR count). The van der Waals surface area contributed by atoms with Gasteiger partial charge in [-0.2, -0.15) is 0 Å².